The molecule has 0 heteroatoms. The van der Waals surface area contributed by atoms with E-state index in [1.165, 1.54) is 132 Å². The van der Waals surface area contributed by atoms with Crippen molar-refractivity contribution in [3.05, 3.63) is 244 Å². The largest absolute Gasteiger partial charge is 0.104 e. The van der Waals surface area contributed by atoms with Crippen molar-refractivity contribution in [2.45, 2.75) is 96.3 Å². The van der Waals surface area contributed by atoms with E-state index in [1.54, 1.807) is 0 Å². The molecule has 0 unspecified atom stereocenters. The molecule has 4 aliphatic rings. The maximum absolute atomic E-state index is 3.96. The number of allylic oxidation sites excluding steroid dienone is 5. The summed E-state index contributed by atoms with van der Waals surface area (Å²) < 4.78 is 0. The summed E-state index contributed by atoms with van der Waals surface area (Å²) in [6.07, 6.45) is 15.2. The van der Waals surface area contributed by atoms with Gasteiger partial charge >= 0.3 is 0 Å². The first-order chi connectivity index (χ1) is 36.3. The van der Waals surface area contributed by atoms with Gasteiger partial charge in [-0.1, -0.05) is 193 Å². The molecule has 0 spiro atoms. The van der Waals surface area contributed by atoms with Crippen molar-refractivity contribution in [1.29, 1.82) is 0 Å². The first-order valence-electron chi connectivity index (χ1n) is 27.7. The monoisotopic (exact) mass is 950 g/mol. The predicted octanol–water partition coefficient (Wildman–Crippen LogP) is 20.4. The molecular formula is C74H62. The van der Waals surface area contributed by atoms with E-state index in [9.17, 15) is 0 Å². The molecule has 0 N–H and O–H groups in total. The fourth-order valence-corrected chi connectivity index (χ4v) is 15.2. The molecular weight excluding hydrogens is 889 g/mol. The molecule has 10 aromatic rings. The van der Waals surface area contributed by atoms with Gasteiger partial charge in [-0.3, -0.25) is 0 Å². The molecule has 74 heavy (non-hydrogen) atoms. The van der Waals surface area contributed by atoms with E-state index in [4.69, 9.17) is 0 Å². The van der Waals surface area contributed by atoms with Gasteiger partial charge in [0, 0.05) is 27.4 Å². The van der Waals surface area contributed by atoms with E-state index >= 15 is 0 Å². The van der Waals surface area contributed by atoms with Crippen LogP contribution in [-0.2, 0) is 16.2 Å². The van der Waals surface area contributed by atoms with Crippen LogP contribution in [0.2, 0.25) is 0 Å². The Kier molecular flexibility index (Phi) is 10.1. The Bertz CT molecular complexity index is 4110. The molecule has 0 saturated carbocycles. The SMILES string of the molecule is CCC1(CC)c2ccccc2-c2ccc(-c3ccc4c(c3)C(CC)(CC)c3cc(-c5ccc6c(c5)C(CC)(CC)c5cc(C7=C=C(c8ccc9ccc%10cccc%11ccc8c9c%10%11)C=CC=C7)ccc5-6)ccc3-4)cc21. The Labute approximate surface area is 437 Å². The molecule has 0 fully saturated rings. The number of fused-ring (bicyclic) bond motifs is 9. The molecule has 0 saturated heterocycles. The van der Waals surface area contributed by atoms with Crippen molar-refractivity contribution < 1.29 is 0 Å². The third-order valence-electron chi connectivity index (χ3n) is 19.3. The molecule has 0 amide bonds. The van der Waals surface area contributed by atoms with Gasteiger partial charge in [-0.15, -0.1) is 5.73 Å². The second kappa shape index (κ2) is 16.6. The molecule has 10 aromatic carbocycles. The van der Waals surface area contributed by atoms with E-state index in [0.717, 1.165) is 49.7 Å². The van der Waals surface area contributed by atoms with E-state index in [1.807, 2.05) is 0 Å². The van der Waals surface area contributed by atoms with Gasteiger partial charge in [0.25, 0.3) is 0 Å². The van der Waals surface area contributed by atoms with Crippen molar-refractivity contribution >= 4 is 43.5 Å². The smallest absolute Gasteiger partial charge is 0.0249 e. The van der Waals surface area contributed by atoms with Gasteiger partial charge in [0.05, 0.1) is 0 Å². The predicted molar refractivity (Wildman–Crippen MR) is 316 cm³/mol. The minimum atomic E-state index is -0.100. The maximum Gasteiger partial charge on any atom is 0.0249 e. The highest BCUT2D eigenvalue weighted by molar-refractivity contribution is 6.25. The highest BCUT2D eigenvalue weighted by Crippen LogP contribution is 2.58. The Morgan fingerprint density at radius 2 is 0.662 bits per heavy atom. The second-order valence-electron chi connectivity index (χ2n) is 21.9. The number of hydrogen-bond donors (Lipinski definition) is 0. The summed E-state index contributed by atoms with van der Waals surface area (Å²) in [5.74, 6) is 0. The second-order valence-corrected chi connectivity index (χ2v) is 21.9. The third kappa shape index (κ3) is 6.04. The summed E-state index contributed by atoms with van der Waals surface area (Å²) in [7, 11) is 0. The molecule has 0 heterocycles. The maximum atomic E-state index is 3.96. The van der Waals surface area contributed by atoms with Crippen LogP contribution in [0.25, 0.3) is 99.1 Å². The minimum Gasteiger partial charge on any atom is -0.104 e. The Morgan fingerprint density at radius 1 is 0.297 bits per heavy atom. The zero-order chi connectivity index (χ0) is 50.1. The van der Waals surface area contributed by atoms with Crippen molar-refractivity contribution in [2.75, 3.05) is 0 Å². The molecule has 0 aliphatic heterocycles. The summed E-state index contributed by atoms with van der Waals surface area (Å²) in [5.41, 5.74) is 31.0. The normalized spacial score (nSPS) is 15.9. The van der Waals surface area contributed by atoms with Gasteiger partial charge in [0.15, 0.2) is 0 Å². The lowest BCUT2D eigenvalue weighted by Gasteiger charge is -2.31. The summed E-state index contributed by atoms with van der Waals surface area (Å²) in [6.45, 7) is 14.3. The zero-order valence-corrected chi connectivity index (χ0v) is 43.7. The molecule has 0 atom stereocenters. The molecule has 0 radical (unpaired) electrons. The van der Waals surface area contributed by atoms with Gasteiger partial charge in [-0.25, -0.2) is 0 Å². The highest BCUT2D eigenvalue weighted by atomic mass is 14.5. The van der Waals surface area contributed by atoms with Crippen LogP contribution in [0, 0.1) is 0 Å². The fourth-order valence-electron chi connectivity index (χ4n) is 15.2. The lowest BCUT2D eigenvalue weighted by atomic mass is 9.72. The van der Waals surface area contributed by atoms with Gasteiger partial charge in [-0.2, -0.15) is 0 Å². The van der Waals surface area contributed by atoms with Gasteiger partial charge < -0.3 is 0 Å². The van der Waals surface area contributed by atoms with Gasteiger partial charge in [0.2, 0.25) is 0 Å². The van der Waals surface area contributed by atoms with Crippen LogP contribution in [0.15, 0.2) is 200 Å². The van der Waals surface area contributed by atoms with Crippen LogP contribution in [0.4, 0.5) is 0 Å². The summed E-state index contributed by atoms with van der Waals surface area (Å²) in [5, 5.41) is 7.83. The lowest BCUT2D eigenvalue weighted by Crippen LogP contribution is -2.23. The Balaban J connectivity index is 0.824. The van der Waals surface area contributed by atoms with Crippen molar-refractivity contribution in [2.24, 2.45) is 0 Å². The van der Waals surface area contributed by atoms with E-state index < -0.39 is 0 Å². The number of rotatable bonds is 10. The Hall–Kier alpha value is -7.76. The van der Waals surface area contributed by atoms with Crippen molar-refractivity contribution in [1.82, 2.24) is 0 Å². The molecule has 0 aromatic heterocycles. The molecule has 0 bridgehead atoms. The first-order valence-corrected chi connectivity index (χ1v) is 27.7. The fraction of sp³-hybridized carbons (Fsp3) is 0.203. The van der Waals surface area contributed by atoms with Crippen LogP contribution >= 0.6 is 0 Å². The average molecular weight is 951 g/mol. The van der Waals surface area contributed by atoms with E-state index in [2.05, 4.69) is 241 Å². The van der Waals surface area contributed by atoms with Crippen LogP contribution in [0.5, 0.6) is 0 Å². The summed E-state index contributed by atoms with van der Waals surface area (Å²) >= 11 is 0. The third-order valence-corrected chi connectivity index (χ3v) is 19.3. The van der Waals surface area contributed by atoms with Crippen molar-refractivity contribution in [3.63, 3.8) is 0 Å². The first kappa shape index (κ1) is 44.9. The van der Waals surface area contributed by atoms with E-state index in [-0.39, 0.29) is 16.2 Å². The van der Waals surface area contributed by atoms with Crippen molar-refractivity contribution in [3.8, 4) is 55.6 Å². The number of hydrogen-bond acceptors (Lipinski definition) is 0. The molecule has 14 rings (SSSR count). The lowest BCUT2D eigenvalue weighted by molar-refractivity contribution is 0.490. The topological polar surface area (TPSA) is 0 Å². The molecule has 4 aliphatic carbocycles. The summed E-state index contributed by atoms with van der Waals surface area (Å²) in [4.78, 5) is 0. The van der Waals surface area contributed by atoms with E-state index in [0.29, 0.717) is 0 Å². The molecule has 358 valence electrons. The quantitative estimate of drug-likeness (QED) is 0.0947. The average Bonchev–Trinajstić information content (AvgIpc) is 3.91. The standard InChI is InChI=1S/C74H62/c1-7-72(8-2)64-23-16-15-22-57(64)58-34-29-51(42-65(58)72)52-30-36-61-62-38-32-54(45-69(62)74(11-5,12-6)68(61)43-52)53-31-37-60-59-35-28-50(41-66(59)73(9-3,10-4)67(60)44-53)49-18-13-14-19-55(40-49)56-33-26-48-25-24-46-20-17-21-47-27-39-63(56)71(48)70(46)47/h13-39,41-45H,7-12H2,1-6H3. The van der Waals surface area contributed by atoms with Crippen LogP contribution in [-0.4, -0.2) is 0 Å². The Morgan fingerprint density at radius 3 is 1.15 bits per heavy atom. The van der Waals surface area contributed by atoms with Gasteiger partial charge in [0.1, 0.15) is 0 Å². The number of benzene rings is 10. The van der Waals surface area contributed by atoms with Gasteiger partial charge in [-0.05, 0) is 213 Å². The summed E-state index contributed by atoms with van der Waals surface area (Å²) in [6, 6.07) is 66.2. The minimum absolute atomic E-state index is 0.0533. The van der Waals surface area contributed by atoms with Crippen LogP contribution < -0.4 is 0 Å². The van der Waals surface area contributed by atoms with Crippen LogP contribution in [0.3, 0.4) is 0 Å². The molecule has 0 nitrogen and oxygen atoms in total. The van der Waals surface area contributed by atoms with Crippen LogP contribution in [0.1, 0.15) is 125 Å². The highest BCUT2D eigenvalue weighted by Gasteiger charge is 2.44. The zero-order valence-electron chi connectivity index (χ0n) is 43.7.